The third kappa shape index (κ3) is 10.9. The summed E-state index contributed by atoms with van der Waals surface area (Å²) in [5.41, 5.74) is 40.3. The quantitative estimate of drug-likeness (QED) is 0.0684. The summed E-state index contributed by atoms with van der Waals surface area (Å²) >= 11 is 3.44. The lowest BCUT2D eigenvalue weighted by atomic mass is 10.3. The number of nitrogens with zero attached hydrogens (tertiary/aromatic N) is 7. The highest BCUT2D eigenvalue weighted by Crippen LogP contribution is 2.29. The first-order valence-corrected chi connectivity index (χ1v) is 22.0. The van der Waals surface area contributed by atoms with Crippen molar-refractivity contribution in [3.05, 3.63) is 137 Å². The van der Waals surface area contributed by atoms with Crippen molar-refractivity contribution < 1.29 is 4.42 Å². The Morgan fingerprint density at radius 3 is 1.71 bits per heavy atom. The van der Waals surface area contributed by atoms with Crippen LogP contribution in [0.3, 0.4) is 0 Å². The van der Waals surface area contributed by atoms with Gasteiger partial charge in [0.2, 0.25) is 0 Å². The van der Waals surface area contributed by atoms with E-state index in [0.29, 0.717) is 40.5 Å². The lowest BCUT2D eigenvalue weighted by Gasteiger charge is -1.91. The molecule has 12 rings (SSSR count). The van der Waals surface area contributed by atoms with Crippen molar-refractivity contribution >= 4 is 122 Å². The van der Waals surface area contributed by atoms with Gasteiger partial charge in [0.1, 0.15) is 40.4 Å². The SMILES string of the molecule is Cc1cc2c(N)nccc2[nH]1.Cc1cc2c(N)nccc2s1.Cc1cc2ccnc(N)c2[nH]1.Cc1cc2ccnc(N)c2o1.Cc1cc2ccnc(N)c2s1.Cc1nc2c(N)nccc2[nH]1. The van der Waals surface area contributed by atoms with Gasteiger partial charge in [-0.1, -0.05) is 0 Å². The highest BCUT2D eigenvalue weighted by Gasteiger charge is 2.05. The zero-order valence-electron chi connectivity index (χ0n) is 37.1. The number of nitrogen functional groups attached to an aromatic ring is 6. The zero-order chi connectivity index (χ0) is 47.1. The molecule has 12 aromatic heterocycles. The van der Waals surface area contributed by atoms with Crippen molar-refractivity contribution in [1.82, 2.24) is 49.8 Å². The molecule has 0 aliphatic carbocycles. The number of hydrogen-bond donors (Lipinski definition) is 9. The lowest BCUT2D eigenvalue weighted by Crippen LogP contribution is -1.89. The van der Waals surface area contributed by atoms with Gasteiger partial charge >= 0.3 is 0 Å². The highest BCUT2D eigenvalue weighted by molar-refractivity contribution is 7.19. The van der Waals surface area contributed by atoms with E-state index in [1.54, 1.807) is 59.9 Å². The summed E-state index contributed by atoms with van der Waals surface area (Å²) in [6, 6.07) is 21.7. The second-order valence-corrected chi connectivity index (χ2v) is 17.6. The van der Waals surface area contributed by atoms with Gasteiger partial charge in [0.15, 0.2) is 17.2 Å². The molecule has 12 aromatic rings. The predicted molar refractivity (Wildman–Crippen MR) is 274 cm³/mol. The Bertz CT molecular complexity index is 2960. The summed E-state index contributed by atoms with van der Waals surface area (Å²) in [5.74, 6) is 5.08. The molecule has 66 heavy (non-hydrogen) atoms. The number of furan rings is 1. The molecule has 0 atom stereocenters. The minimum absolute atomic E-state index is 0.454. The number of thiophene rings is 2. The second kappa shape index (κ2) is 20.0. The van der Waals surface area contributed by atoms with E-state index in [1.165, 1.54) is 19.8 Å². The van der Waals surface area contributed by atoms with Crippen LogP contribution in [-0.4, -0.2) is 49.8 Å². The number of nitrogens with one attached hydrogen (secondary N) is 3. The van der Waals surface area contributed by atoms with Crippen LogP contribution in [0.4, 0.5) is 34.9 Å². The van der Waals surface area contributed by atoms with Gasteiger partial charge in [-0.3, -0.25) is 0 Å². The van der Waals surface area contributed by atoms with E-state index in [-0.39, 0.29) is 0 Å². The minimum atomic E-state index is 0.454. The number of pyridine rings is 6. The number of imidazole rings is 1. The zero-order valence-corrected chi connectivity index (χ0v) is 38.8. The van der Waals surface area contributed by atoms with Gasteiger partial charge < -0.3 is 53.8 Å². The summed E-state index contributed by atoms with van der Waals surface area (Å²) in [7, 11) is 0. The summed E-state index contributed by atoms with van der Waals surface area (Å²) in [6.07, 6.45) is 10.2. The summed E-state index contributed by atoms with van der Waals surface area (Å²) < 4.78 is 7.63. The lowest BCUT2D eigenvalue weighted by molar-refractivity contribution is 0.578. The van der Waals surface area contributed by atoms with Crippen LogP contribution in [-0.2, 0) is 0 Å². The maximum absolute atomic E-state index is 5.67. The first-order valence-electron chi connectivity index (χ1n) is 20.4. The average Bonchev–Trinajstić information content (AvgIpc) is 4.14. The molecule has 0 aromatic carbocycles. The molecule has 0 saturated heterocycles. The van der Waals surface area contributed by atoms with E-state index in [2.05, 4.69) is 75.8 Å². The molecular weight excluding hydrogens is 869 g/mol. The van der Waals surface area contributed by atoms with E-state index < -0.39 is 0 Å². The van der Waals surface area contributed by atoms with E-state index >= 15 is 0 Å². The smallest absolute Gasteiger partial charge is 0.176 e. The molecule has 0 aliphatic heterocycles. The van der Waals surface area contributed by atoms with Crippen molar-refractivity contribution in [2.24, 2.45) is 0 Å². The van der Waals surface area contributed by atoms with Gasteiger partial charge in [0.25, 0.3) is 0 Å². The third-order valence-corrected chi connectivity index (χ3v) is 11.8. The predicted octanol–water partition coefficient (Wildman–Crippen LogP) is 9.85. The molecule has 0 saturated carbocycles. The van der Waals surface area contributed by atoms with E-state index in [1.807, 2.05) is 82.3 Å². The van der Waals surface area contributed by atoms with Crippen LogP contribution in [0.2, 0.25) is 0 Å². The average molecular weight is 919 g/mol. The number of anilines is 6. The molecule has 15 N–H and O–H groups in total. The maximum Gasteiger partial charge on any atom is 0.176 e. The number of fused-ring (bicyclic) bond motifs is 6. The van der Waals surface area contributed by atoms with Crippen molar-refractivity contribution in [2.45, 2.75) is 41.5 Å². The Hall–Kier alpha value is -8.29. The molecule has 0 fully saturated rings. The summed E-state index contributed by atoms with van der Waals surface area (Å²) in [6.45, 7) is 11.9. The standard InChI is InChI=1S/2C8H9N3.C8H8N2O.2C8H8N2S.C7H8N4/c1-5-4-6-7(11-5)2-3-10-8(6)9;2*1-5-4-6-2-3-10-8(9)7(6)11-5;1-5-4-6-7(11-5)2-3-10-8(6)9;1-5-4-6-2-3-10-8(9)7(6)11-5;1-4-10-5-2-3-9-7(8)6(5)11-4/h2*2-4,11H,1H3,(H2,9,10);3*2-4H,1H3,(H2,9,10);2-3H,1H3,(H2,8,9)(H,10,11). The molecule has 19 heteroatoms. The number of aryl methyl sites for hydroxylation is 6. The van der Waals surface area contributed by atoms with Crippen LogP contribution in [0.5, 0.6) is 0 Å². The molecule has 0 amide bonds. The number of nitrogens with two attached hydrogens (primary N) is 6. The molecule has 0 spiro atoms. The van der Waals surface area contributed by atoms with Crippen molar-refractivity contribution in [2.75, 3.05) is 34.4 Å². The van der Waals surface area contributed by atoms with Gasteiger partial charge in [-0.05, 0) is 114 Å². The Morgan fingerprint density at radius 2 is 1.05 bits per heavy atom. The molecule has 0 radical (unpaired) electrons. The fourth-order valence-electron chi connectivity index (χ4n) is 6.85. The van der Waals surface area contributed by atoms with Gasteiger partial charge in [-0.25, -0.2) is 34.9 Å². The van der Waals surface area contributed by atoms with Crippen LogP contribution in [0.1, 0.15) is 32.7 Å². The normalized spacial score (nSPS) is 10.6. The fraction of sp³-hybridized carbons (Fsp3) is 0.128. The number of hydrogen-bond acceptors (Lipinski definition) is 16. The third-order valence-electron chi connectivity index (χ3n) is 9.74. The molecule has 0 aliphatic rings. The van der Waals surface area contributed by atoms with E-state index in [0.717, 1.165) is 71.3 Å². The molecule has 0 bridgehead atoms. The van der Waals surface area contributed by atoms with E-state index in [4.69, 9.17) is 38.8 Å². The van der Waals surface area contributed by atoms with Crippen molar-refractivity contribution in [1.29, 1.82) is 0 Å². The Labute approximate surface area is 386 Å². The number of aromatic amines is 3. The minimum Gasteiger partial charge on any atom is -0.457 e. The number of aromatic nitrogens is 10. The Morgan fingerprint density at radius 1 is 0.470 bits per heavy atom. The molecule has 17 nitrogen and oxygen atoms in total. The first kappa shape index (κ1) is 45.7. The van der Waals surface area contributed by atoms with Gasteiger partial charge in [0, 0.05) is 84.6 Å². The summed E-state index contributed by atoms with van der Waals surface area (Å²) in [5, 5.41) is 5.41. The molecule has 0 unspecified atom stereocenters. The van der Waals surface area contributed by atoms with Crippen LogP contribution < -0.4 is 34.4 Å². The summed E-state index contributed by atoms with van der Waals surface area (Å²) in [4.78, 5) is 39.9. The van der Waals surface area contributed by atoms with Gasteiger partial charge in [-0.15, -0.1) is 22.7 Å². The van der Waals surface area contributed by atoms with Gasteiger partial charge in [0.05, 0.1) is 21.3 Å². The van der Waals surface area contributed by atoms with Gasteiger partial charge in [-0.2, -0.15) is 0 Å². The van der Waals surface area contributed by atoms with E-state index in [9.17, 15) is 0 Å². The van der Waals surface area contributed by atoms with Crippen molar-refractivity contribution in [3.63, 3.8) is 0 Å². The topological polar surface area (TPSA) is 307 Å². The Balaban J connectivity index is 0.000000118. The maximum atomic E-state index is 5.67. The monoisotopic (exact) mass is 918 g/mol. The second-order valence-electron chi connectivity index (χ2n) is 15.0. The van der Waals surface area contributed by atoms with Crippen molar-refractivity contribution in [3.8, 4) is 0 Å². The van der Waals surface area contributed by atoms with Crippen LogP contribution in [0.15, 0.2) is 108 Å². The number of H-pyrrole nitrogens is 3. The fourth-order valence-corrected chi connectivity index (χ4v) is 8.69. The van der Waals surface area contributed by atoms with Crippen LogP contribution >= 0.6 is 22.7 Å². The largest absolute Gasteiger partial charge is 0.457 e. The highest BCUT2D eigenvalue weighted by atomic mass is 32.1. The molecule has 12 heterocycles. The Kier molecular flexibility index (Phi) is 13.9. The molecular formula is C47H50N16OS2. The first-order chi connectivity index (χ1) is 31.6. The molecule has 336 valence electrons. The van der Waals surface area contributed by atoms with Crippen LogP contribution in [0.25, 0.3) is 64.0 Å². The van der Waals surface area contributed by atoms with Crippen LogP contribution in [0, 0.1) is 41.5 Å². The number of rotatable bonds is 0.